The number of rotatable bonds is 1. The first-order valence-electron chi connectivity index (χ1n) is 4.76. The van der Waals surface area contributed by atoms with Gasteiger partial charge in [-0.3, -0.25) is 5.10 Å². The number of nitrogens with two attached hydrogens (primary N) is 1. The fraction of sp³-hybridized carbons (Fsp3) is 0.300. The van der Waals surface area contributed by atoms with Crippen LogP contribution in [0.5, 0.6) is 0 Å². The average molecular weight is 205 g/mol. The Morgan fingerprint density at radius 1 is 1.36 bits per heavy atom. The van der Waals surface area contributed by atoms with Crippen molar-refractivity contribution in [1.82, 2.24) is 10.2 Å². The first-order chi connectivity index (χ1) is 6.83. The number of hydrogen-bond donors (Lipinski definition) is 2. The Bertz CT molecular complexity index is 448. The van der Waals surface area contributed by atoms with E-state index in [1.807, 2.05) is 17.4 Å². The highest BCUT2D eigenvalue weighted by Crippen LogP contribution is 2.35. The van der Waals surface area contributed by atoms with Gasteiger partial charge in [0.15, 0.2) is 0 Å². The van der Waals surface area contributed by atoms with Gasteiger partial charge in [-0.1, -0.05) is 0 Å². The van der Waals surface area contributed by atoms with Crippen molar-refractivity contribution < 1.29 is 0 Å². The molecule has 0 aliphatic heterocycles. The van der Waals surface area contributed by atoms with Crippen LogP contribution in [0.4, 0.5) is 5.82 Å². The molecule has 0 bridgehead atoms. The van der Waals surface area contributed by atoms with Gasteiger partial charge in [0.2, 0.25) is 0 Å². The molecule has 72 valence electrons. The van der Waals surface area contributed by atoms with Gasteiger partial charge >= 0.3 is 0 Å². The highest BCUT2D eigenvalue weighted by molar-refractivity contribution is 7.15. The van der Waals surface area contributed by atoms with Gasteiger partial charge in [-0.15, -0.1) is 11.3 Å². The van der Waals surface area contributed by atoms with E-state index >= 15 is 0 Å². The van der Waals surface area contributed by atoms with Crippen LogP contribution in [-0.2, 0) is 12.8 Å². The molecule has 0 fully saturated rings. The minimum atomic E-state index is 0.563. The highest BCUT2D eigenvalue weighted by Gasteiger charge is 2.16. The van der Waals surface area contributed by atoms with Crippen LogP contribution in [0.25, 0.3) is 10.6 Å². The maximum absolute atomic E-state index is 5.57. The fourth-order valence-corrected chi connectivity index (χ4v) is 3.14. The summed E-state index contributed by atoms with van der Waals surface area (Å²) >= 11 is 1.86. The van der Waals surface area contributed by atoms with Crippen LogP contribution >= 0.6 is 11.3 Å². The molecule has 2 aromatic heterocycles. The Morgan fingerprint density at radius 3 is 3.00 bits per heavy atom. The smallest absolute Gasteiger partial charge is 0.145 e. The Hall–Kier alpha value is -1.29. The van der Waals surface area contributed by atoms with Gasteiger partial charge in [0.05, 0.1) is 10.6 Å². The number of nitrogens with one attached hydrogen (secondary N) is 1. The molecule has 0 aromatic carbocycles. The largest absolute Gasteiger partial charge is 0.382 e. The van der Waals surface area contributed by atoms with Gasteiger partial charge in [0.25, 0.3) is 0 Å². The van der Waals surface area contributed by atoms with Crippen LogP contribution in [-0.4, -0.2) is 10.2 Å². The van der Waals surface area contributed by atoms with E-state index in [9.17, 15) is 0 Å². The maximum atomic E-state index is 5.57. The molecular weight excluding hydrogens is 194 g/mol. The lowest BCUT2D eigenvalue weighted by atomic mass is 10.2. The van der Waals surface area contributed by atoms with E-state index in [1.165, 1.54) is 34.6 Å². The summed E-state index contributed by atoms with van der Waals surface area (Å²) in [6, 6.07) is 4.15. The van der Waals surface area contributed by atoms with Crippen molar-refractivity contribution >= 4 is 17.2 Å². The van der Waals surface area contributed by atoms with Crippen molar-refractivity contribution in [2.24, 2.45) is 0 Å². The summed E-state index contributed by atoms with van der Waals surface area (Å²) in [5, 5.41) is 6.88. The third-order valence-electron chi connectivity index (χ3n) is 2.61. The highest BCUT2D eigenvalue weighted by atomic mass is 32.1. The molecule has 1 aliphatic carbocycles. The lowest BCUT2D eigenvalue weighted by Gasteiger charge is -1.89. The standard InChI is InChI=1S/C10H11N3S/c11-10-5-7(12-13-10)9-4-6-2-1-3-8(6)14-9/h4-5H,1-3H2,(H3,11,12,13). The summed E-state index contributed by atoms with van der Waals surface area (Å²) < 4.78 is 0. The molecule has 14 heavy (non-hydrogen) atoms. The maximum Gasteiger partial charge on any atom is 0.145 e. The van der Waals surface area contributed by atoms with Crippen molar-refractivity contribution in [3.63, 3.8) is 0 Å². The number of anilines is 1. The minimum Gasteiger partial charge on any atom is -0.382 e. The van der Waals surface area contributed by atoms with Gasteiger partial charge in [0, 0.05) is 10.9 Å². The van der Waals surface area contributed by atoms with E-state index in [0.717, 1.165) is 5.69 Å². The zero-order valence-electron chi connectivity index (χ0n) is 7.71. The number of H-pyrrole nitrogens is 1. The predicted molar refractivity (Wildman–Crippen MR) is 58.3 cm³/mol. The van der Waals surface area contributed by atoms with Crippen molar-refractivity contribution in [3.8, 4) is 10.6 Å². The zero-order valence-corrected chi connectivity index (χ0v) is 8.53. The molecule has 4 heteroatoms. The Balaban J connectivity index is 2.05. The summed E-state index contributed by atoms with van der Waals surface area (Å²) in [7, 11) is 0. The van der Waals surface area contributed by atoms with E-state index in [-0.39, 0.29) is 0 Å². The molecule has 0 saturated carbocycles. The van der Waals surface area contributed by atoms with E-state index in [0.29, 0.717) is 5.82 Å². The number of aromatic nitrogens is 2. The lowest BCUT2D eigenvalue weighted by Crippen LogP contribution is -1.81. The third-order valence-corrected chi connectivity index (χ3v) is 3.88. The van der Waals surface area contributed by atoms with Crippen LogP contribution in [0.15, 0.2) is 12.1 Å². The van der Waals surface area contributed by atoms with E-state index in [1.54, 1.807) is 0 Å². The van der Waals surface area contributed by atoms with Gasteiger partial charge in [-0.05, 0) is 30.9 Å². The number of nitrogen functional groups attached to an aromatic ring is 1. The summed E-state index contributed by atoms with van der Waals surface area (Å²) in [4.78, 5) is 2.80. The van der Waals surface area contributed by atoms with E-state index < -0.39 is 0 Å². The predicted octanol–water partition coefficient (Wildman–Crippen LogP) is 2.21. The van der Waals surface area contributed by atoms with Crippen molar-refractivity contribution in [3.05, 3.63) is 22.6 Å². The van der Waals surface area contributed by atoms with Gasteiger partial charge in [0.1, 0.15) is 5.82 Å². The molecule has 1 aliphatic rings. The molecule has 3 nitrogen and oxygen atoms in total. The SMILES string of the molecule is Nc1cc(-c2cc3c(s2)CCC3)[nH]n1. The summed E-state index contributed by atoms with van der Waals surface area (Å²) in [6.07, 6.45) is 3.78. The topological polar surface area (TPSA) is 54.7 Å². The van der Waals surface area contributed by atoms with Crippen LogP contribution in [0.3, 0.4) is 0 Å². The zero-order chi connectivity index (χ0) is 9.54. The van der Waals surface area contributed by atoms with Crippen molar-refractivity contribution in [2.45, 2.75) is 19.3 Å². The summed E-state index contributed by atoms with van der Waals surface area (Å²) in [5.41, 5.74) is 8.13. The Morgan fingerprint density at radius 2 is 2.29 bits per heavy atom. The number of nitrogens with zero attached hydrogens (tertiary/aromatic N) is 1. The summed E-state index contributed by atoms with van der Waals surface area (Å²) in [5.74, 6) is 0.563. The minimum absolute atomic E-state index is 0.563. The number of hydrogen-bond acceptors (Lipinski definition) is 3. The Labute approximate surface area is 86.0 Å². The number of aryl methyl sites for hydroxylation is 2. The second kappa shape index (κ2) is 2.85. The quantitative estimate of drug-likeness (QED) is 0.750. The van der Waals surface area contributed by atoms with Crippen molar-refractivity contribution in [2.75, 3.05) is 5.73 Å². The lowest BCUT2D eigenvalue weighted by molar-refractivity contribution is 0.915. The third kappa shape index (κ3) is 1.14. The molecule has 2 heterocycles. The van der Waals surface area contributed by atoms with Gasteiger partial charge in [-0.25, -0.2) is 0 Å². The second-order valence-corrected chi connectivity index (χ2v) is 4.76. The van der Waals surface area contributed by atoms with Crippen LogP contribution in [0, 0.1) is 0 Å². The Kier molecular flexibility index (Phi) is 1.64. The van der Waals surface area contributed by atoms with Crippen molar-refractivity contribution in [1.29, 1.82) is 0 Å². The van der Waals surface area contributed by atoms with Crippen LogP contribution < -0.4 is 5.73 Å². The van der Waals surface area contributed by atoms with E-state index in [4.69, 9.17) is 5.73 Å². The first kappa shape index (κ1) is 8.05. The normalized spacial score (nSPS) is 14.6. The fourth-order valence-electron chi connectivity index (χ4n) is 1.93. The average Bonchev–Trinajstić information content (AvgIpc) is 2.75. The molecule has 2 aromatic rings. The molecule has 3 rings (SSSR count). The summed E-state index contributed by atoms with van der Waals surface area (Å²) in [6.45, 7) is 0. The molecule has 0 spiro atoms. The molecule has 0 amide bonds. The first-order valence-corrected chi connectivity index (χ1v) is 5.57. The van der Waals surface area contributed by atoms with Gasteiger partial charge < -0.3 is 5.73 Å². The number of aromatic amines is 1. The van der Waals surface area contributed by atoms with Gasteiger partial charge in [-0.2, -0.15) is 5.10 Å². The van der Waals surface area contributed by atoms with E-state index in [2.05, 4.69) is 16.3 Å². The van der Waals surface area contributed by atoms with Crippen LogP contribution in [0.1, 0.15) is 16.9 Å². The molecule has 0 unspecified atom stereocenters. The monoisotopic (exact) mass is 205 g/mol. The molecule has 0 atom stereocenters. The molecule has 3 N–H and O–H groups in total. The number of fused-ring (bicyclic) bond motifs is 1. The second-order valence-electron chi connectivity index (χ2n) is 3.62. The number of thiophene rings is 1. The molecule has 0 saturated heterocycles. The molecule has 0 radical (unpaired) electrons. The van der Waals surface area contributed by atoms with Crippen LogP contribution in [0.2, 0.25) is 0 Å². The molecular formula is C10H11N3S.